The standard InChI is InChI=1S/C28H30N4O5S/c1-20(18-28(34)35)32(38(36)37)31-16-14-30(15-17-31)25-11-8-22(9-12-25)6-7-23-10-13-26-24(19-23)4-3-5-27(26)29-21(2)33/h3-5,8-13,19-20H,14-18H2,1-2H3,(H,29,33)(H,34,35)(H,36,37)/p-1. The van der Waals surface area contributed by atoms with Crippen molar-refractivity contribution in [2.45, 2.75) is 26.3 Å². The molecule has 2 atom stereocenters. The Balaban J connectivity index is 1.40. The van der Waals surface area contributed by atoms with Crippen molar-refractivity contribution >= 4 is 45.3 Å². The molecule has 0 bridgehead atoms. The average molecular weight is 534 g/mol. The predicted molar refractivity (Wildman–Crippen MR) is 147 cm³/mol. The Morgan fingerprint density at radius 1 is 1.05 bits per heavy atom. The molecule has 3 aromatic rings. The molecule has 0 saturated carbocycles. The fourth-order valence-electron chi connectivity index (χ4n) is 4.56. The second kappa shape index (κ2) is 12.2. The summed E-state index contributed by atoms with van der Waals surface area (Å²) in [5.74, 6) is 5.25. The minimum Gasteiger partial charge on any atom is -0.759 e. The molecule has 0 aromatic heterocycles. The van der Waals surface area contributed by atoms with Gasteiger partial charge in [-0.2, -0.15) is 4.41 Å². The van der Waals surface area contributed by atoms with Crippen LogP contribution in [-0.4, -0.2) is 67.4 Å². The summed E-state index contributed by atoms with van der Waals surface area (Å²) >= 11 is -2.54. The number of nitrogens with one attached hydrogen (secondary N) is 1. The summed E-state index contributed by atoms with van der Waals surface area (Å²) in [4.78, 5) is 24.6. The van der Waals surface area contributed by atoms with Gasteiger partial charge in [0.15, 0.2) is 0 Å². The number of carbonyl (C=O) groups excluding carboxylic acids is 1. The number of amides is 1. The number of rotatable bonds is 7. The quantitative estimate of drug-likeness (QED) is 0.354. The van der Waals surface area contributed by atoms with Crippen LogP contribution < -0.4 is 10.2 Å². The number of carboxylic acid groups (broad SMARTS) is 1. The molecule has 2 N–H and O–H groups in total. The zero-order valence-corrected chi connectivity index (χ0v) is 22.0. The number of hydrogen-bond acceptors (Lipinski definition) is 6. The molecule has 1 aliphatic rings. The van der Waals surface area contributed by atoms with Crippen LogP contribution in [0.1, 0.15) is 31.4 Å². The smallest absolute Gasteiger partial charge is 0.305 e. The predicted octanol–water partition coefficient (Wildman–Crippen LogP) is 3.19. The van der Waals surface area contributed by atoms with E-state index in [1.54, 1.807) is 11.9 Å². The van der Waals surface area contributed by atoms with Crippen LogP contribution in [-0.2, 0) is 20.9 Å². The fraction of sp³-hybridized carbons (Fsp3) is 0.286. The SMILES string of the molecule is CC(=O)Nc1cccc2cc(C#Cc3ccc(N4CCN(N(C(C)CC(=O)O)S(=O)[O-])CC4)cc3)ccc12. The van der Waals surface area contributed by atoms with Crippen LogP contribution in [0.2, 0.25) is 0 Å². The molecule has 10 heteroatoms. The molecule has 1 saturated heterocycles. The molecule has 38 heavy (non-hydrogen) atoms. The highest BCUT2D eigenvalue weighted by molar-refractivity contribution is 7.76. The number of nitrogens with zero attached hydrogens (tertiary/aromatic N) is 3. The van der Waals surface area contributed by atoms with Crippen molar-refractivity contribution in [3.8, 4) is 11.8 Å². The molecule has 2 unspecified atom stereocenters. The van der Waals surface area contributed by atoms with Gasteiger partial charge < -0.3 is 19.9 Å². The average Bonchev–Trinajstić information content (AvgIpc) is 2.87. The van der Waals surface area contributed by atoms with Crippen molar-refractivity contribution in [2.24, 2.45) is 0 Å². The van der Waals surface area contributed by atoms with E-state index in [2.05, 4.69) is 22.1 Å². The molecular formula is C28H29N4O5S-. The normalized spacial score (nSPS) is 15.5. The lowest BCUT2D eigenvalue weighted by molar-refractivity contribution is -0.139. The number of benzene rings is 3. The Kier molecular flexibility index (Phi) is 8.76. The van der Waals surface area contributed by atoms with E-state index in [0.717, 1.165) is 37.7 Å². The number of aliphatic carboxylic acids is 1. The molecule has 1 fully saturated rings. The van der Waals surface area contributed by atoms with E-state index in [9.17, 15) is 18.4 Å². The molecule has 0 radical (unpaired) electrons. The van der Waals surface area contributed by atoms with Gasteiger partial charge >= 0.3 is 5.97 Å². The van der Waals surface area contributed by atoms with Crippen LogP contribution in [0.5, 0.6) is 0 Å². The van der Waals surface area contributed by atoms with E-state index >= 15 is 0 Å². The van der Waals surface area contributed by atoms with Gasteiger partial charge in [-0.15, -0.1) is 0 Å². The Bertz CT molecular complexity index is 1410. The summed E-state index contributed by atoms with van der Waals surface area (Å²) in [6.07, 6.45) is -0.256. The van der Waals surface area contributed by atoms with Crippen molar-refractivity contribution in [1.29, 1.82) is 0 Å². The third kappa shape index (κ3) is 6.76. The first-order valence-electron chi connectivity index (χ1n) is 12.2. The third-order valence-electron chi connectivity index (χ3n) is 6.31. The van der Waals surface area contributed by atoms with Crippen molar-refractivity contribution in [3.05, 3.63) is 71.8 Å². The second-order valence-corrected chi connectivity index (χ2v) is 9.94. The summed E-state index contributed by atoms with van der Waals surface area (Å²) < 4.78 is 24.6. The summed E-state index contributed by atoms with van der Waals surface area (Å²) in [5, 5.41) is 15.5. The molecule has 3 aromatic carbocycles. The molecule has 0 aliphatic carbocycles. The summed E-state index contributed by atoms with van der Waals surface area (Å²) in [7, 11) is 0. The van der Waals surface area contributed by atoms with Crippen molar-refractivity contribution in [1.82, 2.24) is 9.42 Å². The third-order valence-corrected chi connectivity index (χ3v) is 7.21. The minimum absolute atomic E-state index is 0.113. The van der Waals surface area contributed by atoms with E-state index in [-0.39, 0.29) is 12.3 Å². The Morgan fingerprint density at radius 2 is 1.71 bits per heavy atom. The number of fused-ring (bicyclic) bond motifs is 1. The lowest BCUT2D eigenvalue weighted by Crippen LogP contribution is -2.57. The van der Waals surface area contributed by atoms with Gasteiger partial charge in [-0.3, -0.25) is 13.8 Å². The zero-order valence-electron chi connectivity index (χ0n) is 21.2. The Morgan fingerprint density at radius 3 is 2.34 bits per heavy atom. The first-order valence-corrected chi connectivity index (χ1v) is 13.3. The summed E-state index contributed by atoms with van der Waals surface area (Å²) in [5.41, 5.74) is 3.53. The summed E-state index contributed by atoms with van der Waals surface area (Å²) in [6.45, 7) is 5.22. The lowest BCUT2D eigenvalue weighted by Gasteiger charge is -2.44. The van der Waals surface area contributed by atoms with Crippen LogP contribution in [0.15, 0.2) is 60.7 Å². The summed E-state index contributed by atoms with van der Waals surface area (Å²) in [6, 6.07) is 18.9. The van der Waals surface area contributed by atoms with Gasteiger partial charge in [0.05, 0.1) is 6.42 Å². The van der Waals surface area contributed by atoms with Crippen molar-refractivity contribution in [3.63, 3.8) is 0 Å². The van der Waals surface area contributed by atoms with Gasteiger partial charge in [0.25, 0.3) is 0 Å². The molecule has 4 rings (SSSR count). The molecule has 198 valence electrons. The number of anilines is 2. The van der Waals surface area contributed by atoms with E-state index < -0.39 is 23.3 Å². The topological polar surface area (TPSA) is 116 Å². The van der Waals surface area contributed by atoms with Gasteiger partial charge in [0.1, 0.15) is 0 Å². The van der Waals surface area contributed by atoms with E-state index in [0.29, 0.717) is 26.2 Å². The highest BCUT2D eigenvalue weighted by Crippen LogP contribution is 2.24. The molecule has 9 nitrogen and oxygen atoms in total. The van der Waals surface area contributed by atoms with Crippen molar-refractivity contribution in [2.75, 3.05) is 36.4 Å². The van der Waals surface area contributed by atoms with Crippen LogP contribution in [0.25, 0.3) is 10.8 Å². The van der Waals surface area contributed by atoms with E-state index in [4.69, 9.17) is 5.11 Å². The van der Waals surface area contributed by atoms with Gasteiger partial charge in [-0.25, -0.2) is 5.01 Å². The maximum absolute atomic E-state index is 11.7. The van der Waals surface area contributed by atoms with Gasteiger partial charge in [-0.05, 0) is 54.8 Å². The zero-order chi connectivity index (χ0) is 27.2. The van der Waals surface area contributed by atoms with Gasteiger partial charge in [-0.1, -0.05) is 30.0 Å². The molecule has 0 spiro atoms. The van der Waals surface area contributed by atoms with Gasteiger partial charge in [0.2, 0.25) is 5.91 Å². The molecule has 1 amide bonds. The Labute approximate surface area is 224 Å². The molecular weight excluding hydrogens is 504 g/mol. The second-order valence-electron chi connectivity index (χ2n) is 9.13. The first kappa shape index (κ1) is 27.3. The highest BCUT2D eigenvalue weighted by atomic mass is 32.2. The van der Waals surface area contributed by atoms with Crippen LogP contribution >= 0.6 is 0 Å². The number of carboxylic acids is 1. The van der Waals surface area contributed by atoms with Crippen LogP contribution in [0.4, 0.5) is 11.4 Å². The van der Waals surface area contributed by atoms with Gasteiger partial charge in [0, 0.05) is 78.3 Å². The number of carbonyl (C=O) groups is 2. The molecule has 1 heterocycles. The first-order chi connectivity index (χ1) is 18.2. The fourth-order valence-corrected chi connectivity index (χ4v) is 5.28. The number of hydrazine groups is 1. The van der Waals surface area contributed by atoms with Crippen molar-refractivity contribution < 1.29 is 23.5 Å². The van der Waals surface area contributed by atoms with E-state index in [1.165, 1.54) is 6.92 Å². The number of piperazine rings is 1. The maximum Gasteiger partial charge on any atom is 0.305 e. The lowest BCUT2D eigenvalue weighted by atomic mass is 10.0. The molecule has 1 aliphatic heterocycles. The van der Waals surface area contributed by atoms with E-state index in [1.807, 2.05) is 60.7 Å². The van der Waals surface area contributed by atoms with Crippen LogP contribution in [0.3, 0.4) is 0 Å². The maximum atomic E-state index is 11.7. The monoisotopic (exact) mass is 533 g/mol. The minimum atomic E-state index is -2.54. The highest BCUT2D eigenvalue weighted by Gasteiger charge is 2.28. The number of hydrogen-bond donors (Lipinski definition) is 2. The largest absolute Gasteiger partial charge is 0.759 e. The van der Waals surface area contributed by atoms with Crippen LogP contribution in [0, 0.1) is 11.8 Å². The Hall–Kier alpha value is -3.75.